The summed E-state index contributed by atoms with van der Waals surface area (Å²) in [4.78, 5) is 10.5. The lowest BCUT2D eigenvalue weighted by molar-refractivity contribution is -0.137. The van der Waals surface area contributed by atoms with E-state index in [4.69, 9.17) is 10.8 Å². The molecule has 2 rings (SSSR count). The van der Waals surface area contributed by atoms with Gasteiger partial charge in [0.05, 0.1) is 6.42 Å². The van der Waals surface area contributed by atoms with E-state index in [0.29, 0.717) is 6.54 Å². The first-order chi connectivity index (χ1) is 9.15. The van der Waals surface area contributed by atoms with E-state index in [9.17, 15) is 4.79 Å². The van der Waals surface area contributed by atoms with Crippen LogP contribution in [0.4, 0.5) is 0 Å². The van der Waals surface area contributed by atoms with Crippen molar-refractivity contribution >= 4 is 5.97 Å². The molecule has 19 heavy (non-hydrogen) atoms. The minimum absolute atomic E-state index is 0.0197. The Balaban J connectivity index is 1.70. The SMILES string of the molecule is NC(CNCCc1ccc2c(c1)CCC2)CC(=O)O. The lowest BCUT2D eigenvalue weighted by Gasteiger charge is -2.11. The summed E-state index contributed by atoms with van der Waals surface area (Å²) in [5, 5.41) is 11.8. The smallest absolute Gasteiger partial charge is 0.304 e. The second-order valence-corrected chi connectivity index (χ2v) is 5.27. The van der Waals surface area contributed by atoms with E-state index in [2.05, 4.69) is 23.5 Å². The van der Waals surface area contributed by atoms with E-state index < -0.39 is 5.97 Å². The molecule has 0 radical (unpaired) electrons. The molecule has 0 aromatic heterocycles. The molecule has 0 aliphatic heterocycles. The monoisotopic (exact) mass is 262 g/mol. The van der Waals surface area contributed by atoms with Gasteiger partial charge in [-0.2, -0.15) is 0 Å². The number of fused-ring (bicyclic) bond motifs is 1. The molecule has 104 valence electrons. The number of carboxylic acid groups (broad SMARTS) is 1. The third-order valence-electron chi connectivity index (χ3n) is 3.60. The van der Waals surface area contributed by atoms with E-state index in [1.54, 1.807) is 0 Å². The quantitative estimate of drug-likeness (QED) is 0.643. The molecule has 1 aliphatic rings. The highest BCUT2D eigenvalue weighted by molar-refractivity contribution is 5.67. The van der Waals surface area contributed by atoms with Gasteiger partial charge >= 0.3 is 5.97 Å². The van der Waals surface area contributed by atoms with Crippen molar-refractivity contribution in [1.82, 2.24) is 5.32 Å². The van der Waals surface area contributed by atoms with Crippen molar-refractivity contribution in [1.29, 1.82) is 0 Å². The molecule has 0 saturated heterocycles. The third-order valence-corrected chi connectivity index (χ3v) is 3.60. The van der Waals surface area contributed by atoms with Gasteiger partial charge in [-0.3, -0.25) is 4.79 Å². The lowest BCUT2D eigenvalue weighted by atomic mass is 10.0. The summed E-state index contributed by atoms with van der Waals surface area (Å²) in [5.74, 6) is -0.840. The van der Waals surface area contributed by atoms with Crippen molar-refractivity contribution in [2.24, 2.45) is 5.73 Å². The maximum absolute atomic E-state index is 10.5. The van der Waals surface area contributed by atoms with Gasteiger partial charge in [0, 0.05) is 12.6 Å². The molecule has 1 aromatic rings. The Morgan fingerprint density at radius 3 is 2.95 bits per heavy atom. The molecule has 0 bridgehead atoms. The first-order valence-electron chi connectivity index (χ1n) is 6.94. The number of aliphatic carboxylic acids is 1. The molecule has 0 amide bonds. The molecule has 0 heterocycles. The van der Waals surface area contributed by atoms with Crippen LogP contribution in [0.2, 0.25) is 0 Å². The van der Waals surface area contributed by atoms with Crippen LogP contribution in [-0.2, 0) is 24.1 Å². The van der Waals surface area contributed by atoms with Crippen LogP contribution in [0.1, 0.15) is 29.5 Å². The maximum atomic E-state index is 10.5. The fraction of sp³-hybridized carbons (Fsp3) is 0.533. The van der Waals surface area contributed by atoms with E-state index in [1.165, 1.54) is 36.0 Å². The zero-order chi connectivity index (χ0) is 13.7. The van der Waals surface area contributed by atoms with Gasteiger partial charge in [-0.25, -0.2) is 0 Å². The van der Waals surface area contributed by atoms with Gasteiger partial charge < -0.3 is 16.2 Å². The van der Waals surface area contributed by atoms with E-state index in [0.717, 1.165) is 13.0 Å². The average molecular weight is 262 g/mol. The minimum Gasteiger partial charge on any atom is -0.481 e. The lowest BCUT2D eigenvalue weighted by Crippen LogP contribution is -2.36. The second kappa shape index (κ2) is 6.68. The molecule has 4 N–H and O–H groups in total. The average Bonchev–Trinajstić information content (AvgIpc) is 2.81. The molecule has 0 fully saturated rings. The van der Waals surface area contributed by atoms with Crippen molar-refractivity contribution in [3.05, 3.63) is 34.9 Å². The molecule has 0 saturated carbocycles. The summed E-state index contributed by atoms with van der Waals surface area (Å²) < 4.78 is 0. The Morgan fingerprint density at radius 1 is 1.37 bits per heavy atom. The molecular formula is C15H22N2O2. The zero-order valence-corrected chi connectivity index (χ0v) is 11.2. The van der Waals surface area contributed by atoms with E-state index >= 15 is 0 Å². The van der Waals surface area contributed by atoms with Gasteiger partial charge in [-0.05, 0) is 48.9 Å². The van der Waals surface area contributed by atoms with Crippen molar-refractivity contribution in [2.75, 3.05) is 13.1 Å². The Labute approximate surface area is 114 Å². The van der Waals surface area contributed by atoms with Crippen molar-refractivity contribution < 1.29 is 9.90 Å². The van der Waals surface area contributed by atoms with Crippen LogP contribution in [0.3, 0.4) is 0 Å². The fourth-order valence-corrected chi connectivity index (χ4v) is 2.60. The fourth-order valence-electron chi connectivity index (χ4n) is 2.60. The largest absolute Gasteiger partial charge is 0.481 e. The Morgan fingerprint density at radius 2 is 2.16 bits per heavy atom. The number of aryl methyl sites for hydroxylation is 2. The second-order valence-electron chi connectivity index (χ2n) is 5.27. The number of hydrogen-bond acceptors (Lipinski definition) is 3. The van der Waals surface area contributed by atoms with Crippen LogP contribution in [0.15, 0.2) is 18.2 Å². The maximum Gasteiger partial charge on any atom is 0.304 e. The predicted octanol–water partition coefficient (Wildman–Crippen LogP) is 1.11. The summed E-state index contributed by atoms with van der Waals surface area (Å²) in [7, 11) is 0. The van der Waals surface area contributed by atoms with Gasteiger partial charge in [0.2, 0.25) is 0 Å². The number of nitrogens with one attached hydrogen (secondary N) is 1. The van der Waals surface area contributed by atoms with Gasteiger partial charge in [0.25, 0.3) is 0 Å². The molecular weight excluding hydrogens is 240 g/mol. The molecule has 1 aromatic carbocycles. The first-order valence-corrected chi connectivity index (χ1v) is 6.94. The van der Waals surface area contributed by atoms with Gasteiger partial charge in [0.15, 0.2) is 0 Å². The molecule has 0 spiro atoms. The third kappa shape index (κ3) is 4.33. The van der Waals surface area contributed by atoms with Crippen LogP contribution >= 0.6 is 0 Å². The number of benzene rings is 1. The summed E-state index contributed by atoms with van der Waals surface area (Å²) >= 11 is 0. The van der Waals surface area contributed by atoms with Crippen LogP contribution in [0, 0.1) is 0 Å². The van der Waals surface area contributed by atoms with E-state index in [1.807, 2.05) is 0 Å². The number of hydrogen-bond donors (Lipinski definition) is 3. The number of carboxylic acids is 1. The molecule has 1 aliphatic carbocycles. The highest BCUT2D eigenvalue weighted by atomic mass is 16.4. The van der Waals surface area contributed by atoms with Crippen molar-refractivity contribution in [3.63, 3.8) is 0 Å². The molecule has 4 nitrogen and oxygen atoms in total. The first kappa shape index (κ1) is 14.0. The number of rotatable bonds is 7. The predicted molar refractivity (Wildman–Crippen MR) is 75.3 cm³/mol. The van der Waals surface area contributed by atoms with Gasteiger partial charge in [-0.1, -0.05) is 18.2 Å². The molecule has 1 unspecified atom stereocenters. The van der Waals surface area contributed by atoms with Crippen molar-refractivity contribution in [3.8, 4) is 0 Å². The Hall–Kier alpha value is -1.39. The summed E-state index contributed by atoms with van der Waals surface area (Å²) in [6.07, 6.45) is 4.69. The number of carbonyl (C=O) groups is 1. The Kier molecular flexibility index (Phi) is 4.93. The normalized spacial score (nSPS) is 15.2. The standard InChI is InChI=1S/C15H22N2O2/c16-14(9-15(18)19)10-17-7-6-11-4-5-12-2-1-3-13(12)8-11/h4-5,8,14,17H,1-3,6-7,9-10,16H2,(H,18,19). The molecule has 1 atom stereocenters. The van der Waals surface area contributed by atoms with Crippen LogP contribution in [0.5, 0.6) is 0 Å². The zero-order valence-electron chi connectivity index (χ0n) is 11.2. The van der Waals surface area contributed by atoms with Crippen LogP contribution in [-0.4, -0.2) is 30.2 Å². The van der Waals surface area contributed by atoms with Gasteiger partial charge in [-0.15, -0.1) is 0 Å². The van der Waals surface area contributed by atoms with Gasteiger partial charge in [0.1, 0.15) is 0 Å². The summed E-state index contributed by atoms with van der Waals surface area (Å²) in [6, 6.07) is 6.44. The van der Waals surface area contributed by atoms with E-state index in [-0.39, 0.29) is 12.5 Å². The highest BCUT2D eigenvalue weighted by Crippen LogP contribution is 2.22. The van der Waals surface area contributed by atoms with Crippen LogP contribution < -0.4 is 11.1 Å². The minimum atomic E-state index is -0.840. The van der Waals surface area contributed by atoms with Crippen molar-refractivity contribution in [2.45, 2.75) is 38.1 Å². The summed E-state index contributed by atoms with van der Waals surface area (Å²) in [5.41, 5.74) is 10.0. The topological polar surface area (TPSA) is 75.3 Å². The Bertz CT molecular complexity index is 446. The number of nitrogens with two attached hydrogens (primary N) is 1. The highest BCUT2D eigenvalue weighted by Gasteiger charge is 2.11. The van der Waals surface area contributed by atoms with Crippen LogP contribution in [0.25, 0.3) is 0 Å². The molecule has 4 heteroatoms. The summed E-state index contributed by atoms with van der Waals surface area (Å²) in [6.45, 7) is 1.39.